The second kappa shape index (κ2) is 16.7. The molecule has 3 aromatic rings. The molecule has 9 nitrogen and oxygen atoms in total. The predicted molar refractivity (Wildman–Crippen MR) is 187 cm³/mol. The first kappa shape index (κ1) is 36.7. The molecule has 0 atom stereocenters. The average Bonchev–Trinajstić information content (AvgIpc) is 3.00. The number of hydrogen-bond donors (Lipinski definition) is 2. The van der Waals surface area contributed by atoms with Gasteiger partial charge in [-0.05, 0) is 69.0 Å². The third-order valence-corrected chi connectivity index (χ3v) is 8.88. The van der Waals surface area contributed by atoms with Gasteiger partial charge in [-0.2, -0.15) is 0 Å². The molecule has 0 fully saturated rings. The molecule has 0 heterocycles. The number of carbonyl (C=O) groups excluding carboxylic acids is 2. The van der Waals surface area contributed by atoms with Crippen molar-refractivity contribution in [3.8, 4) is 11.1 Å². The zero-order valence-electron chi connectivity index (χ0n) is 27.7. The Bertz CT molecular complexity index is 1570. The summed E-state index contributed by atoms with van der Waals surface area (Å²) in [6.45, 7) is 11.0. The first-order valence-electron chi connectivity index (χ1n) is 15.8. The third kappa shape index (κ3) is 10.7. The molecule has 11 heteroatoms. The maximum Gasteiger partial charge on any atom is 0.421 e. The van der Waals surface area contributed by atoms with Crippen LogP contribution in [0.2, 0.25) is 5.02 Å². The van der Waals surface area contributed by atoms with E-state index in [9.17, 15) is 18.0 Å². The number of rotatable bonds is 14. The Morgan fingerprint density at radius 1 is 0.913 bits per heavy atom. The molecule has 3 aromatic carbocycles. The highest BCUT2D eigenvalue weighted by atomic mass is 35.5. The minimum atomic E-state index is -4.21. The zero-order chi connectivity index (χ0) is 33.9. The fourth-order valence-corrected chi connectivity index (χ4v) is 6.16. The number of nitrogens with one attached hydrogen (secondary N) is 2. The van der Waals surface area contributed by atoms with Crippen molar-refractivity contribution >= 4 is 45.1 Å². The molecule has 3 rings (SSSR count). The predicted octanol–water partition coefficient (Wildman–Crippen LogP) is 8.68. The van der Waals surface area contributed by atoms with E-state index >= 15 is 0 Å². The summed E-state index contributed by atoms with van der Waals surface area (Å²) in [7, 11) is -2.48. The molecule has 0 bridgehead atoms. The lowest BCUT2D eigenvalue weighted by atomic mass is 10.0. The van der Waals surface area contributed by atoms with Gasteiger partial charge in [0.25, 0.3) is 10.0 Å². The fraction of sp³-hybridized carbons (Fsp3) is 0.429. The molecule has 0 saturated heterocycles. The van der Waals surface area contributed by atoms with E-state index in [2.05, 4.69) is 19.2 Å². The van der Waals surface area contributed by atoms with Crippen LogP contribution >= 0.6 is 11.6 Å². The topological polar surface area (TPSA) is 108 Å². The molecule has 250 valence electrons. The number of carbonyl (C=O) groups is 2. The summed E-state index contributed by atoms with van der Waals surface area (Å²) in [6.07, 6.45) is 4.07. The molecule has 0 aliphatic heterocycles. The normalized spacial score (nSPS) is 11.5. The van der Waals surface area contributed by atoms with Crippen molar-refractivity contribution in [2.45, 2.75) is 83.8 Å². The number of amides is 3. The summed E-state index contributed by atoms with van der Waals surface area (Å²) in [5.41, 5.74) is 2.65. The van der Waals surface area contributed by atoms with Crippen LogP contribution in [0.25, 0.3) is 11.1 Å². The van der Waals surface area contributed by atoms with E-state index < -0.39 is 21.7 Å². The van der Waals surface area contributed by atoms with E-state index in [4.69, 9.17) is 16.3 Å². The van der Waals surface area contributed by atoms with Gasteiger partial charge in [0.05, 0.1) is 15.6 Å². The smallest absolute Gasteiger partial charge is 0.421 e. The average molecular weight is 671 g/mol. The van der Waals surface area contributed by atoms with Crippen LogP contribution in [0.15, 0.2) is 71.6 Å². The van der Waals surface area contributed by atoms with E-state index in [0.29, 0.717) is 34.9 Å². The van der Waals surface area contributed by atoms with Crippen LogP contribution in [0.3, 0.4) is 0 Å². The molecule has 3 amide bonds. The molecule has 0 saturated carbocycles. The highest BCUT2D eigenvalue weighted by Crippen LogP contribution is 2.31. The van der Waals surface area contributed by atoms with Gasteiger partial charge in [-0.15, -0.1) is 0 Å². The molecule has 2 N–H and O–H groups in total. The van der Waals surface area contributed by atoms with Crippen molar-refractivity contribution in [2.24, 2.45) is 0 Å². The van der Waals surface area contributed by atoms with E-state index in [-0.39, 0.29) is 10.9 Å². The van der Waals surface area contributed by atoms with Gasteiger partial charge in [0, 0.05) is 37.9 Å². The van der Waals surface area contributed by atoms with Crippen molar-refractivity contribution in [1.82, 2.24) is 9.62 Å². The maximum absolute atomic E-state index is 13.8. The van der Waals surface area contributed by atoms with E-state index in [1.54, 1.807) is 61.9 Å². The second-order valence-electron chi connectivity index (χ2n) is 12.2. The van der Waals surface area contributed by atoms with E-state index in [1.807, 2.05) is 41.1 Å². The van der Waals surface area contributed by atoms with Gasteiger partial charge in [0.1, 0.15) is 5.60 Å². The highest BCUT2D eigenvalue weighted by Gasteiger charge is 2.26. The van der Waals surface area contributed by atoms with Crippen LogP contribution in [0.1, 0.15) is 72.3 Å². The van der Waals surface area contributed by atoms with Crippen LogP contribution in [0.5, 0.6) is 0 Å². The minimum absolute atomic E-state index is 0.0473. The van der Waals surface area contributed by atoms with Crippen molar-refractivity contribution in [3.63, 3.8) is 0 Å². The van der Waals surface area contributed by atoms with Crippen LogP contribution < -0.4 is 14.9 Å². The summed E-state index contributed by atoms with van der Waals surface area (Å²) in [5, 5.41) is 3.91. The molecule has 0 aliphatic rings. The lowest BCUT2D eigenvalue weighted by Crippen LogP contribution is -2.41. The van der Waals surface area contributed by atoms with Crippen LogP contribution in [-0.4, -0.2) is 51.2 Å². The lowest BCUT2D eigenvalue weighted by molar-refractivity contribution is 0.0570. The maximum atomic E-state index is 13.8. The van der Waals surface area contributed by atoms with Crippen LogP contribution in [-0.2, 0) is 21.3 Å². The lowest BCUT2D eigenvalue weighted by Gasteiger charge is -2.29. The Balaban J connectivity index is 1.80. The van der Waals surface area contributed by atoms with Gasteiger partial charge in [-0.3, -0.25) is 4.90 Å². The Hall–Kier alpha value is -3.76. The van der Waals surface area contributed by atoms with E-state index in [1.165, 1.54) is 6.07 Å². The Kier molecular flexibility index (Phi) is 13.3. The summed E-state index contributed by atoms with van der Waals surface area (Å²) >= 11 is 6.55. The number of ether oxygens (including phenoxy) is 1. The molecule has 0 radical (unpaired) electrons. The molecule has 0 spiro atoms. The molecule has 0 unspecified atom stereocenters. The standard InChI is InChI=1S/C35H47ClN4O5S/c1-7-9-13-22-37-28-20-21-30(36)31(24-28)39(6)34(42)40(23-10-8-2)25-26-16-18-27(19-17-26)29-14-11-12-15-32(29)46(43,44)38-33(41)45-35(3,4)5/h11-12,14-21,24,37H,7-10,13,22-23,25H2,1-6H3,(H,38,41). The quantitative estimate of drug-likeness (QED) is 0.166. The summed E-state index contributed by atoms with van der Waals surface area (Å²) in [5.74, 6) is 0. The zero-order valence-corrected chi connectivity index (χ0v) is 29.3. The summed E-state index contributed by atoms with van der Waals surface area (Å²) in [6, 6.07) is 19.3. The second-order valence-corrected chi connectivity index (χ2v) is 14.3. The third-order valence-electron chi connectivity index (χ3n) is 7.19. The Morgan fingerprint density at radius 2 is 1.59 bits per heavy atom. The highest BCUT2D eigenvalue weighted by molar-refractivity contribution is 7.90. The molecular formula is C35H47ClN4O5S. The van der Waals surface area contributed by atoms with Gasteiger partial charge < -0.3 is 15.0 Å². The fourth-order valence-electron chi connectivity index (χ4n) is 4.81. The molecular weight excluding hydrogens is 624 g/mol. The molecule has 0 aromatic heterocycles. The first-order chi connectivity index (χ1) is 21.8. The SMILES string of the molecule is CCCCCNc1ccc(Cl)c(N(C)C(=O)N(CCCC)Cc2ccc(-c3ccccc3S(=O)(=O)NC(=O)OC(C)(C)C)cc2)c1. The number of benzene rings is 3. The van der Waals surface area contributed by atoms with Crippen molar-refractivity contribution < 1.29 is 22.7 Å². The number of halogens is 1. The molecule has 46 heavy (non-hydrogen) atoms. The van der Waals surface area contributed by atoms with Crippen molar-refractivity contribution in [2.75, 3.05) is 30.4 Å². The van der Waals surface area contributed by atoms with Gasteiger partial charge in [-0.25, -0.2) is 22.7 Å². The molecule has 0 aliphatic carbocycles. The number of nitrogens with zero attached hydrogens (tertiary/aromatic N) is 2. The largest absolute Gasteiger partial charge is 0.443 e. The minimum Gasteiger partial charge on any atom is -0.443 e. The van der Waals surface area contributed by atoms with Gasteiger partial charge in [0.2, 0.25) is 0 Å². The van der Waals surface area contributed by atoms with Crippen molar-refractivity contribution in [3.05, 3.63) is 77.3 Å². The monoisotopic (exact) mass is 670 g/mol. The number of unbranched alkanes of at least 4 members (excludes halogenated alkanes) is 3. The van der Waals surface area contributed by atoms with Crippen LogP contribution in [0.4, 0.5) is 21.0 Å². The Labute approximate surface area is 279 Å². The Morgan fingerprint density at radius 3 is 2.24 bits per heavy atom. The van der Waals surface area contributed by atoms with Crippen molar-refractivity contribution in [1.29, 1.82) is 0 Å². The van der Waals surface area contributed by atoms with Gasteiger partial charge >= 0.3 is 12.1 Å². The summed E-state index contributed by atoms with van der Waals surface area (Å²) < 4.78 is 33.4. The van der Waals surface area contributed by atoms with Crippen LogP contribution in [0, 0.1) is 0 Å². The number of urea groups is 1. The van der Waals surface area contributed by atoms with Gasteiger partial charge in [0.15, 0.2) is 0 Å². The summed E-state index contributed by atoms with van der Waals surface area (Å²) in [4.78, 5) is 29.4. The number of sulfonamides is 1. The first-order valence-corrected chi connectivity index (χ1v) is 17.6. The number of anilines is 2. The van der Waals surface area contributed by atoms with E-state index in [0.717, 1.165) is 49.9 Å². The van der Waals surface area contributed by atoms with Gasteiger partial charge in [-0.1, -0.05) is 87.2 Å². The number of hydrogen-bond acceptors (Lipinski definition) is 6.